The second-order valence-electron chi connectivity index (χ2n) is 8.41. The number of likely N-dealkylation sites (N-methyl/N-ethyl adjacent to an activating group) is 1. The van der Waals surface area contributed by atoms with Crippen molar-refractivity contribution >= 4 is 23.5 Å². The second kappa shape index (κ2) is 11.2. The lowest BCUT2D eigenvalue weighted by atomic mass is 10.1. The van der Waals surface area contributed by atoms with Crippen molar-refractivity contribution in [2.75, 3.05) is 31.4 Å². The van der Waals surface area contributed by atoms with Crippen molar-refractivity contribution in [3.8, 4) is 11.5 Å². The topological polar surface area (TPSA) is 120 Å². The third-order valence-electron chi connectivity index (χ3n) is 5.24. The van der Waals surface area contributed by atoms with Crippen LogP contribution in [0.4, 0.5) is 11.5 Å². The average molecular weight is 479 g/mol. The third-order valence-corrected chi connectivity index (χ3v) is 5.24. The fourth-order valence-electron chi connectivity index (χ4n) is 3.38. The van der Waals surface area contributed by atoms with Crippen molar-refractivity contribution < 1.29 is 14.3 Å². The predicted molar refractivity (Wildman–Crippen MR) is 137 cm³/mol. The number of H-pyrrole nitrogens is 1. The lowest BCUT2D eigenvalue weighted by molar-refractivity contribution is -0.113. The summed E-state index contributed by atoms with van der Waals surface area (Å²) < 4.78 is 12.4. The van der Waals surface area contributed by atoms with Gasteiger partial charge in [-0.05, 0) is 35.3 Å². The molecule has 0 aliphatic heterocycles. The zero-order valence-electron chi connectivity index (χ0n) is 20.3. The van der Waals surface area contributed by atoms with E-state index in [1.807, 2.05) is 30.3 Å². The first kappa shape index (κ1) is 25.4. The number of aromatic amines is 1. The lowest BCUT2D eigenvalue weighted by Crippen LogP contribution is -2.39. The van der Waals surface area contributed by atoms with Crippen LogP contribution in [0.1, 0.15) is 25.0 Å². The van der Waals surface area contributed by atoms with E-state index < -0.39 is 17.2 Å². The molecule has 1 aromatic heterocycles. The molecule has 3 aromatic rings. The Morgan fingerprint density at radius 3 is 2.51 bits per heavy atom. The van der Waals surface area contributed by atoms with Gasteiger partial charge in [0.2, 0.25) is 0 Å². The van der Waals surface area contributed by atoms with Crippen LogP contribution in [-0.4, -0.2) is 36.2 Å². The number of anilines is 2. The van der Waals surface area contributed by atoms with Crippen LogP contribution >= 0.6 is 0 Å². The SMILES string of the molecule is COc1cc(C=CC(=O)N(C)c2c(N)n(Cc3ccccc3)c(=O)[nH]c2=O)ccc1OCC(C)C. The number of carbonyl (C=O) groups is 1. The van der Waals surface area contributed by atoms with Gasteiger partial charge in [-0.1, -0.05) is 50.2 Å². The monoisotopic (exact) mass is 478 g/mol. The summed E-state index contributed by atoms with van der Waals surface area (Å²) >= 11 is 0. The Labute approximate surface area is 203 Å². The number of aromatic nitrogens is 2. The number of nitrogens with two attached hydrogens (primary N) is 1. The number of amides is 1. The Balaban J connectivity index is 1.84. The molecule has 0 aliphatic rings. The minimum Gasteiger partial charge on any atom is -0.493 e. The van der Waals surface area contributed by atoms with E-state index in [1.54, 1.807) is 31.4 Å². The minimum absolute atomic E-state index is 0.0971. The van der Waals surface area contributed by atoms with Gasteiger partial charge >= 0.3 is 5.69 Å². The van der Waals surface area contributed by atoms with Gasteiger partial charge in [-0.15, -0.1) is 0 Å². The molecule has 1 amide bonds. The van der Waals surface area contributed by atoms with Crippen molar-refractivity contribution in [3.63, 3.8) is 0 Å². The van der Waals surface area contributed by atoms with E-state index in [9.17, 15) is 14.4 Å². The van der Waals surface area contributed by atoms with Gasteiger partial charge in [0, 0.05) is 13.1 Å². The molecule has 1 heterocycles. The molecule has 0 saturated heterocycles. The first-order valence-electron chi connectivity index (χ1n) is 11.1. The van der Waals surface area contributed by atoms with Crippen LogP contribution in [0.3, 0.4) is 0 Å². The lowest BCUT2D eigenvalue weighted by Gasteiger charge is -2.19. The number of benzene rings is 2. The summed E-state index contributed by atoms with van der Waals surface area (Å²) in [5.41, 5.74) is 6.21. The maximum Gasteiger partial charge on any atom is 0.330 e. The Morgan fingerprint density at radius 2 is 1.86 bits per heavy atom. The average Bonchev–Trinajstić information content (AvgIpc) is 2.84. The first-order chi connectivity index (χ1) is 16.7. The molecule has 0 atom stereocenters. The van der Waals surface area contributed by atoms with Crippen molar-refractivity contribution in [1.82, 2.24) is 9.55 Å². The number of nitrogen functional groups attached to an aromatic ring is 1. The Hall–Kier alpha value is -4.27. The summed E-state index contributed by atoms with van der Waals surface area (Å²) in [5.74, 6) is 0.931. The van der Waals surface area contributed by atoms with Gasteiger partial charge in [-0.25, -0.2) is 4.79 Å². The van der Waals surface area contributed by atoms with E-state index in [1.165, 1.54) is 17.7 Å². The maximum atomic E-state index is 12.9. The second-order valence-corrected chi connectivity index (χ2v) is 8.41. The smallest absolute Gasteiger partial charge is 0.330 e. The molecule has 0 fully saturated rings. The largest absolute Gasteiger partial charge is 0.493 e. The molecule has 0 unspecified atom stereocenters. The Bertz CT molecular complexity index is 1330. The summed E-state index contributed by atoms with van der Waals surface area (Å²) in [4.78, 5) is 41.1. The normalized spacial score (nSPS) is 11.1. The number of rotatable bonds is 9. The van der Waals surface area contributed by atoms with Gasteiger partial charge in [0.05, 0.1) is 20.3 Å². The zero-order valence-corrected chi connectivity index (χ0v) is 20.3. The molecule has 2 aromatic carbocycles. The molecule has 0 radical (unpaired) electrons. The fourth-order valence-corrected chi connectivity index (χ4v) is 3.38. The highest BCUT2D eigenvalue weighted by Crippen LogP contribution is 2.29. The van der Waals surface area contributed by atoms with Crippen LogP contribution in [0.2, 0.25) is 0 Å². The van der Waals surface area contributed by atoms with E-state index in [2.05, 4.69) is 18.8 Å². The summed E-state index contributed by atoms with van der Waals surface area (Å²) in [5, 5.41) is 0. The molecule has 0 saturated carbocycles. The van der Waals surface area contributed by atoms with Gasteiger partial charge in [-0.2, -0.15) is 0 Å². The van der Waals surface area contributed by atoms with Crippen molar-refractivity contribution in [3.05, 3.63) is 86.6 Å². The van der Waals surface area contributed by atoms with E-state index >= 15 is 0 Å². The van der Waals surface area contributed by atoms with Gasteiger partial charge in [0.25, 0.3) is 11.5 Å². The number of ether oxygens (including phenoxy) is 2. The number of hydrogen-bond donors (Lipinski definition) is 2. The molecule has 3 rings (SSSR count). The number of carbonyl (C=O) groups excluding carboxylic acids is 1. The fraction of sp³-hybridized carbons (Fsp3) is 0.269. The van der Waals surface area contributed by atoms with Gasteiger partial charge in [0.1, 0.15) is 5.82 Å². The molecule has 0 bridgehead atoms. The molecular formula is C26H30N4O5. The summed E-state index contributed by atoms with van der Waals surface area (Å²) in [7, 11) is 2.97. The van der Waals surface area contributed by atoms with Gasteiger partial charge in [0.15, 0.2) is 17.2 Å². The molecule has 35 heavy (non-hydrogen) atoms. The van der Waals surface area contributed by atoms with Crippen LogP contribution in [-0.2, 0) is 11.3 Å². The van der Waals surface area contributed by atoms with Crippen molar-refractivity contribution in [2.24, 2.45) is 5.92 Å². The maximum absolute atomic E-state index is 12.9. The van der Waals surface area contributed by atoms with E-state index in [-0.39, 0.29) is 18.1 Å². The zero-order chi connectivity index (χ0) is 25.5. The standard InChI is InChI=1S/C26H30N4O5/c1-17(2)16-35-20-12-10-18(14-21(20)34-4)11-13-22(31)29(3)23-24(27)30(26(33)28-25(23)32)15-19-8-6-5-7-9-19/h5-14,17H,15-16,27H2,1-4H3,(H,28,32,33). The summed E-state index contributed by atoms with van der Waals surface area (Å²) in [6.07, 6.45) is 2.91. The molecule has 184 valence electrons. The molecule has 9 heteroatoms. The number of nitrogens with one attached hydrogen (secondary N) is 1. The molecule has 9 nitrogen and oxygen atoms in total. The van der Waals surface area contributed by atoms with Crippen LogP contribution in [0.25, 0.3) is 6.08 Å². The van der Waals surface area contributed by atoms with Crippen LogP contribution in [0, 0.1) is 5.92 Å². The molecular weight excluding hydrogens is 448 g/mol. The van der Waals surface area contributed by atoms with Gasteiger partial charge in [-0.3, -0.25) is 19.1 Å². The number of nitrogens with zero attached hydrogens (tertiary/aromatic N) is 2. The van der Waals surface area contributed by atoms with Crippen LogP contribution in [0.5, 0.6) is 11.5 Å². The summed E-state index contributed by atoms with van der Waals surface area (Å²) in [6.45, 7) is 4.81. The number of methoxy groups -OCH3 is 1. The highest BCUT2D eigenvalue weighted by atomic mass is 16.5. The van der Waals surface area contributed by atoms with E-state index in [4.69, 9.17) is 15.2 Å². The molecule has 0 spiro atoms. The first-order valence-corrected chi connectivity index (χ1v) is 11.1. The minimum atomic E-state index is -0.741. The number of hydrogen-bond acceptors (Lipinski definition) is 6. The Kier molecular flexibility index (Phi) is 8.14. The van der Waals surface area contributed by atoms with Gasteiger partial charge < -0.3 is 20.1 Å². The summed E-state index contributed by atoms with van der Waals surface area (Å²) in [6, 6.07) is 14.5. The quantitative estimate of drug-likeness (QED) is 0.457. The highest BCUT2D eigenvalue weighted by molar-refractivity contribution is 6.04. The van der Waals surface area contributed by atoms with E-state index in [0.717, 1.165) is 10.5 Å². The van der Waals surface area contributed by atoms with Crippen LogP contribution in [0.15, 0.2) is 64.2 Å². The van der Waals surface area contributed by atoms with Crippen molar-refractivity contribution in [1.29, 1.82) is 0 Å². The van der Waals surface area contributed by atoms with Crippen molar-refractivity contribution in [2.45, 2.75) is 20.4 Å². The molecule has 0 aliphatic carbocycles. The predicted octanol–water partition coefficient (Wildman–Crippen LogP) is 2.89. The van der Waals surface area contributed by atoms with Crippen LogP contribution < -0.4 is 31.4 Å². The highest BCUT2D eigenvalue weighted by Gasteiger charge is 2.20. The molecule has 3 N–H and O–H groups in total. The third kappa shape index (κ3) is 6.20. The van der Waals surface area contributed by atoms with E-state index in [0.29, 0.717) is 29.6 Å². The Morgan fingerprint density at radius 1 is 1.14 bits per heavy atom.